The zero-order valence-corrected chi connectivity index (χ0v) is 14.2. The van der Waals surface area contributed by atoms with E-state index >= 15 is 0 Å². The molecule has 0 aliphatic heterocycles. The smallest absolute Gasteiger partial charge is 0.153 e. The zero-order valence-electron chi connectivity index (χ0n) is 8.86. The molecule has 0 fully saturated rings. The third-order valence-corrected chi connectivity index (χ3v) is 4.45. The first kappa shape index (κ1) is 13.4. The first-order valence-corrected chi connectivity index (χ1v) is 7.42. The highest BCUT2D eigenvalue weighted by atomic mass is 127. The van der Waals surface area contributed by atoms with E-state index in [1.165, 1.54) is 0 Å². The Morgan fingerprint density at radius 2 is 2.12 bits per heavy atom. The maximum Gasteiger partial charge on any atom is 0.153 e. The quantitative estimate of drug-likeness (QED) is 0.685. The van der Waals surface area contributed by atoms with Crippen molar-refractivity contribution in [3.8, 4) is 0 Å². The van der Waals surface area contributed by atoms with E-state index in [-0.39, 0.29) is 6.04 Å². The monoisotopic (exact) mass is 470 g/mol. The second kappa shape index (κ2) is 5.33. The van der Waals surface area contributed by atoms with E-state index in [1.54, 1.807) is 4.68 Å². The molecule has 0 spiro atoms. The number of nitrogens with two attached hydrogens (primary N) is 1. The van der Waals surface area contributed by atoms with Gasteiger partial charge in [0.05, 0.1) is 11.7 Å². The van der Waals surface area contributed by atoms with Gasteiger partial charge in [-0.1, -0.05) is 21.1 Å². The number of halogens is 3. The highest BCUT2D eigenvalue weighted by molar-refractivity contribution is 14.1. The Morgan fingerprint density at radius 3 is 2.71 bits per heavy atom. The molecule has 0 aliphatic carbocycles. The number of nitrogens with zero attached hydrogens (tertiary/aromatic N) is 3. The Bertz CT molecular complexity index is 536. The molecule has 2 N–H and O–H groups in total. The van der Waals surface area contributed by atoms with Gasteiger partial charge in [-0.2, -0.15) is 0 Å². The number of rotatable bonds is 2. The van der Waals surface area contributed by atoms with E-state index in [1.807, 2.05) is 25.2 Å². The summed E-state index contributed by atoms with van der Waals surface area (Å²) in [5, 5.41) is 7.89. The molecule has 1 unspecified atom stereocenters. The molecule has 2 rings (SSSR count). The number of hydrogen-bond acceptors (Lipinski definition) is 3. The molecule has 4 nitrogen and oxygen atoms in total. The van der Waals surface area contributed by atoms with Gasteiger partial charge < -0.3 is 5.73 Å². The molecular weight excluding hydrogens is 463 g/mol. The largest absolute Gasteiger partial charge is 0.319 e. The lowest BCUT2D eigenvalue weighted by molar-refractivity contribution is 0.649. The van der Waals surface area contributed by atoms with Crippen molar-refractivity contribution in [2.24, 2.45) is 12.8 Å². The summed E-state index contributed by atoms with van der Waals surface area (Å²) in [5.74, 6) is 0. The van der Waals surface area contributed by atoms with Crippen molar-refractivity contribution >= 4 is 54.5 Å². The molecule has 0 saturated carbocycles. The van der Waals surface area contributed by atoms with Crippen molar-refractivity contribution < 1.29 is 0 Å². The number of aryl methyl sites for hydroxylation is 1. The summed E-state index contributed by atoms with van der Waals surface area (Å²) in [4.78, 5) is 0. The molecule has 0 aliphatic rings. The van der Waals surface area contributed by atoms with Gasteiger partial charge in [-0.25, -0.2) is 4.68 Å². The Morgan fingerprint density at radius 1 is 1.41 bits per heavy atom. The average molecular weight is 472 g/mol. The molecule has 0 saturated heterocycles. The predicted octanol–water partition coefficient (Wildman–Crippen LogP) is 2.99. The van der Waals surface area contributed by atoms with Gasteiger partial charge >= 0.3 is 0 Å². The zero-order chi connectivity index (χ0) is 12.6. The van der Waals surface area contributed by atoms with Crippen molar-refractivity contribution in [2.45, 2.75) is 6.04 Å². The van der Waals surface area contributed by atoms with Crippen molar-refractivity contribution in [2.75, 3.05) is 0 Å². The number of aromatic nitrogens is 3. The molecule has 90 valence electrons. The summed E-state index contributed by atoms with van der Waals surface area (Å²) in [6, 6.07) is 5.78. The molecule has 1 aromatic heterocycles. The summed E-state index contributed by atoms with van der Waals surface area (Å²) >= 11 is 9.10. The minimum Gasteiger partial charge on any atom is -0.319 e. The second-order valence-electron chi connectivity index (χ2n) is 3.53. The van der Waals surface area contributed by atoms with Crippen LogP contribution < -0.4 is 5.73 Å². The molecule has 0 amide bonds. The second-order valence-corrected chi connectivity index (χ2v) is 6.36. The Hall–Kier alpha value is 0.01000. The lowest BCUT2D eigenvalue weighted by Gasteiger charge is -2.14. The number of hydrogen-bond donors (Lipinski definition) is 1. The summed E-state index contributed by atoms with van der Waals surface area (Å²) in [5.41, 5.74) is 8.19. The van der Waals surface area contributed by atoms with Gasteiger partial charge in [0.25, 0.3) is 0 Å². The van der Waals surface area contributed by atoms with Crippen molar-refractivity contribution in [3.63, 3.8) is 0 Å². The molecule has 1 atom stereocenters. The minimum absolute atomic E-state index is 0.256. The van der Waals surface area contributed by atoms with E-state index in [9.17, 15) is 0 Å². The van der Waals surface area contributed by atoms with Crippen LogP contribution in [0.2, 0.25) is 0 Å². The van der Waals surface area contributed by atoms with Crippen LogP contribution in [0.3, 0.4) is 0 Å². The van der Waals surface area contributed by atoms with Crippen LogP contribution in [-0.4, -0.2) is 15.0 Å². The van der Waals surface area contributed by atoms with E-state index in [4.69, 9.17) is 5.73 Å². The molecule has 7 heteroatoms. The van der Waals surface area contributed by atoms with Crippen LogP contribution >= 0.6 is 54.5 Å². The van der Waals surface area contributed by atoms with Crippen LogP contribution in [-0.2, 0) is 7.05 Å². The standard InChI is InChI=1S/C10H9Br2IN4/c1-17-9(10(12)15-16-17)8(14)6-4-5(11)2-3-7(6)13/h2-4,8H,14H2,1H3. The average Bonchev–Trinajstić information content (AvgIpc) is 2.61. The molecule has 17 heavy (non-hydrogen) atoms. The molecule has 0 radical (unpaired) electrons. The maximum absolute atomic E-state index is 6.28. The topological polar surface area (TPSA) is 56.7 Å². The maximum atomic E-state index is 6.28. The molecule has 2 aromatic rings. The van der Waals surface area contributed by atoms with E-state index < -0.39 is 0 Å². The Balaban J connectivity index is 2.50. The summed E-state index contributed by atoms with van der Waals surface area (Å²) in [6.45, 7) is 0. The summed E-state index contributed by atoms with van der Waals surface area (Å²) in [7, 11) is 1.83. The highest BCUT2D eigenvalue weighted by Crippen LogP contribution is 2.29. The van der Waals surface area contributed by atoms with Crippen LogP contribution in [0.25, 0.3) is 0 Å². The van der Waals surface area contributed by atoms with Crippen molar-refractivity contribution in [1.29, 1.82) is 0 Å². The SMILES string of the molecule is Cn1nnc(Br)c1C(N)c1cc(Br)ccc1I. The molecular formula is C10H9Br2IN4. The molecule has 1 aromatic carbocycles. The van der Waals surface area contributed by atoms with Gasteiger partial charge in [-0.15, -0.1) is 5.10 Å². The van der Waals surface area contributed by atoms with Crippen LogP contribution in [0.5, 0.6) is 0 Å². The predicted molar refractivity (Wildman–Crippen MR) is 81.6 cm³/mol. The summed E-state index contributed by atoms with van der Waals surface area (Å²) in [6.07, 6.45) is 0. The van der Waals surface area contributed by atoms with Gasteiger partial charge in [-0.05, 0) is 62.3 Å². The minimum atomic E-state index is -0.256. The Labute approximate surface area is 129 Å². The van der Waals surface area contributed by atoms with Crippen LogP contribution in [0, 0.1) is 3.57 Å². The summed E-state index contributed by atoms with van der Waals surface area (Å²) < 4.78 is 4.50. The third-order valence-electron chi connectivity index (χ3n) is 2.41. The molecule has 1 heterocycles. The van der Waals surface area contributed by atoms with Crippen LogP contribution in [0.4, 0.5) is 0 Å². The Kier molecular flexibility index (Phi) is 4.22. The fourth-order valence-corrected chi connectivity index (χ4v) is 3.19. The molecule has 0 bridgehead atoms. The van der Waals surface area contributed by atoms with Gasteiger partial charge in [0.1, 0.15) is 0 Å². The van der Waals surface area contributed by atoms with E-state index in [2.05, 4.69) is 64.8 Å². The van der Waals surface area contributed by atoms with E-state index in [0.717, 1.165) is 19.3 Å². The van der Waals surface area contributed by atoms with Gasteiger partial charge in [0.15, 0.2) is 4.60 Å². The lowest BCUT2D eigenvalue weighted by Crippen LogP contribution is -2.17. The normalized spacial score (nSPS) is 12.8. The van der Waals surface area contributed by atoms with E-state index in [0.29, 0.717) is 4.60 Å². The number of benzene rings is 1. The van der Waals surface area contributed by atoms with Crippen LogP contribution in [0.15, 0.2) is 27.3 Å². The van der Waals surface area contributed by atoms with Gasteiger partial charge in [-0.3, -0.25) is 0 Å². The first-order valence-electron chi connectivity index (χ1n) is 4.76. The fourth-order valence-electron chi connectivity index (χ4n) is 1.57. The first-order chi connectivity index (χ1) is 8.00. The fraction of sp³-hybridized carbons (Fsp3) is 0.200. The van der Waals surface area contributed by atoms with Gasteiger partial charge in [0.2, 0.25) is 0 Å². The highest BCUT2D eigenvalue weighted by Gasteiger charge is 2.20. The van der Waals surface area contributed by atoms with Crippen molar-refractivity contribution in [1.82, 2.24) is 15.0 Å². The van der Waals surface area contributed by atoms with Crippen LogP contribution in [0.1, 0.15) is 17.3 Å². The van der Waals surface area contributed by atoms with Gasteiger partial charge in [0, 0.05) is 15.1 Å². The lowest BCUT2D eigenvalue weighted by atomic mass is 10.1. The third kappa shape index (κ3) is 2.72. The van der Waals surface area contributed by atoms with Crippen molar-refractivity contribution in [3.05, 3.63) is 42.1 Å².